The normalized spacial score (nSPS) is 10.8. The maximum absolute atomic E-state index is 12.1. The topological polar surface area (TPSA) is 64.7 Å². The number of halogens is 1. The maximum Gasteiger partial charge on any atom is 0.227 e. The average Bonchev–Trinajstić information content (AvgIpc) is 3.12. The van der Waals surface area contributed by atoms with E-state index in [9.17, 15) is 4.79 Å². The van der Waals surface area contributed by atoms with E-state index in [1.54, 1.807) is 21.8 Å². The predicted octanol–water partition coefficient (Wildman–Crippen LogP) is 3.12. The Balaban J connectivity index is 1.57. The number of hydrogen-bond acceptors (Lipinski definition) is 3. The van der Waals surface area contributed by atoms with Gasteiger partial charge in [-0.15, -0.1) is 0 Å². The van der Waals surface area contributed by atoms with E-state index < -0.39 is 0 Å². The molecule has 0 aliphatic heterocycles. The van der Waals surface area contributed by atoms with Crippen molar-refractivity contribution < 1.29 is 4.79 Å². The Kier molecular flexibility index (Phi) is 4.96. The summed E-state index contributed by atoms with van der Waals surface area (Å²) in [6, 6.07) is 9.94. The van der Waals surface area contributed by atoms with Crippen molar-refractivity contribution in [2.75, 3.05) is 5.32 Å². The number of rotatable bonds is 6. The van der Waals surface area contributed by atoms with Gasteiger partial charge in [0, 0.05) is 25.4 Å². The molecule has 1 N–H and O–H groups in total. The van der Waals surface area contributed by atoms with E-state index in [-0.39, 0.29) is 5.91 Å². The van der Waals surface area contributed by atoms with E-state index in [0.717, 1.165) is 11.1 Å². The molecule has 0 radical (unpaired) electrons. The zero-order valence-electron chi connectivity index (χ0n) is 13.3. The first-order valence-corrected chi connectivity index (χ1v) is 8.04. The molecule has 0 unspecified atom stereocenters. The smallest absolute Gasteiger partial charge is 0.227 e. The molecule has 2 aromatic heterocycles. The van der Waals surface area contributed by atoms with Gasteiger partial charge >= 0.3 is 0 Å². The highest BCUT2D eigenvalue weighted by molar-refractivity contribution is 6.33. The molecule has 0 saturated heterocycles. The van der Waals surface area contributed by atoms with Crippen molar-refractivity contribution in [3.63, 3.8) is 0 Å². The van der Waals surface area contributed by atoms with Crippen molar-refractivity contribution in [1.82, 2.24) is 19.6 Å². The second kappa shape index (κ2) is 7.31. The van der Waals surface area contributed by atoms with Gasteiger partial charge in [0.25, 0.3) is 0 Å². The third-order valence-corrected chi connectivity index (χ3v) is 3.77. The summed E-state index contributed by atoms with van der Waals surface area (Å²) in [5.41, 5.74) is 2.18. The van der Waals surface area contributed by atoms with Crippen LogP contribution in [0.1, 0.15) is 17.5 Å². The standard InChI is InChI=1S/C17H18ClN5O/c1-13-9-19-22(10-13)8-7-16(24)20-17-15(18)12-23(21-17)11-14-5-3-2-4-6-14/h2-6,9-10,12H,7-8,11H2,1H3,(H,20,21,24). The Bertz CT molecular complexity index is 825. The minimum atomic E-state index is -0.144. The molecule has 7 heteroatoms. The van der Waals surface area contributed by atoms with Crippen LogP contribution in [0, 0.1) is 6.92 Å². The van der Waals surface area contributed by atoms with Crippen LogP contribution in [0.2, 0.25) is 5.02 Å². The van der Waals surface area contributed by atoms with Crippen molar-refractivity contribution in [2.24, 2.45) is 0 Å². The molecule has 0 aliphatic rings. The molecule has 2 heterocycles. The summed E-state index contributed by atoms with van der Waals surface area (Å²) < 4.78 is 3.45. The van der Waals surface area contributed by atoms with Crippen LogP contribution < -0.4 is 5.32 Å². The number of nitrogens with one attached hydrogen (secondary N) is 1. The van der Waals surface area contributed by atoms with E-state index in [1.807, 2.05) is 43.5 Å². The van der Waals surface area contributed by atoms with Crippen LogP contribution in [0.3, 0.4) is 0 Å². The Labute approximate surface area is 145 Å². The zero-order chi connectivity index (χ0) is 16.9. The van der Waals surface area contributed by atoms with Gasteiger partial charge in [0.05, 0.1) is 12.7 Å². The van der Waals surface area contributed by atoms with Crippen LogP contribution in [-0.4, -0.2) is 25.5 Å². The number of nitrogens with zero attached hydrogens (tertiary/aromatic N) is 4. The Hall–Kier alpha value is -2.60. The first kappa shape index (κ1) is 16.3. The molecule has 3 aromatic rings. The number of benzene rings is 1. The highest BCUT2D eigenvalue weighted by Crippen LogP contribution is 2.20. The molecule has 1 amide bonds. The first-order chi connectivity index (χ1) is 11.6. The van der Waals surface area contributed by atoms with Crippen LogP contribution in [0.15, 0.2) is 48.9 Å². The number of aromatic nitrogens is 4. The van der Waals surface area contributed by atoms with Crippen molar-refractivity contribution in [3.05, 3.63) is 65.1 Å². The molecular formula is C17H18ClN5O. The minimum Gasteiger partial charge on any atom is -0.308 e. The van der Waals surface area contributed by atoms with Gasteiger partial charge < -0.3 is 5.32 Å². The molecule has 0 aliphatic carbocycles. The molecule has 24 heavy (non-hydrogen) atoms. The molecule has 0 fully saturated rings. The highest BCUT2D eigenvalue weighted by Gasteiger charge is 2.11. The lowest BCUT2D eigenvalue weighted by Gasteiger charge is -2.04. The summed E-state index contributed by atoms with van der Waals surface area (Å²) in [6.07, 6.45) is 5.68. The van der Waals surface area contributed by atoms with Crippen molar-refractivity contribution in [1.29, 1.82) is 0 Å². The number of anilines is 1. The first-order valence-electron chi connectivity index (χ1n) is 7.66. The van der Waals surface area contributed by atoms with Crippen LogP contribution in [-0.2, 0) is 17.9 Å². The van der Waals surface area contributed by atoms with Crippen LogP contribution >= 0.6 is 11.6 Å². The van der Waals surface area contributed by atoms with E-state index in [4.69, 9.17) is 11.6 Å². The fraction of sp³-hybridized carbons (Fsp3) is 0.235. The summed E-state index contributed by atoms with van der Waals surface area (Å²) in [7, 11) is 0. The fourth-order valence-corrected chi connectivity index (χ4v) is 2.53. The lowest BCUT2D eigenvalue weighted by atomic mass is 10.2. The highest BCUT2D eigenvalue weighted by atomic mass is 35.5. The molecule has 6 nitrogen and oxygen atoms in total. The minimum absolute atomic E-state index is 0.144. The van der Waals surface area contributed by atoms with Crippen LogP contribution in [0.4, 0.5) is 5.82 Å². The quantitative estimate of drug-likeness (QED) is 0.748. The van der Waals surface area contributed by atoms with Gasteiger partial charge in [-0.05, 0) is 18.1 Å². The molecule has 1 aromatic carbocycles. The lowest BCUT2D eigenvalue weighted by molar-refractivity contribution is -0.116. The van der Waals surface area contributed by atoms with Crippen molar-refractivity contribution in [2.45, 2.75) is 26.4 Å². The molecule has 0 spiro atoms. The second-order valence-electron chi connectivity index (χ2n) is 5.59. The Morgan fingerprint density at radius 2 is 2.00 bits per heavy atom. The number of carbonyl (C=O) groups is 1. The van der Waals surface area contributed by atoms with E-state index >= 15 is 0 Å². The number of aryl methyl sites for hydroxylation is 2. The summed E-state index contributed by atoms with van der Waals surface area (Å²) in [6.45, 7) is 3.08. The second-order valence-corrected chi connectivity index (χ2v) is 5.99. The number of carbonyl (C=O) groups excluding carboxylic acids is 1. The molecule has 3 rings (SSSR count). The molecule has 0 atom stereocenters. The van der Waals surface area contributed by atoms with Crippen molar-refractivity contribution in [3.8, 4) is 0 Å². The Morgan fingerprint density at radius 3 is 2.71 bits per heavy atom. The molecular weight excluding hydrogens is 326 g/mol. The van der Waals surface area contributed by atoms with E-state index in [0.29, 0.717) is 30.4 Å². The monoisotopic (exact) mass is 343 g/mol. The van der Waals surface area contributed by atoms with Gasteiger partial charge in [0.15, 0.2) is 5.82 Å². The summed E-state index contributed by atoms with van der Waals surface area (Å²) in [4.78, 5) is 12.1. The van der Waals surface area contributed by atoms with Crippen LogP contribution in [0.5, 0.6) is 0 Å². The predicted molar refractivity (Wildman–Crippen MR) is 93.0 cm³/mol. The zero-order valence-corrected chi connectivity index (χ0v) is 14.1. The maximum atomic E-state index is 12.1. The van der Waals surface area contributed by atoms with Gasteiger partial charge in [0.1, 0.15) is 5.02 Å². The summed E-state index contributed by atoms with van der Waals surface area (Å²) >= 11 is 6.16. The summed E-state index contributed by atoms with van der Waals surface area (Å²) in [5, 5.41) is 11.7. The van der Waals surface area contributed by atoms with Gasteiger partial charge in [-0.3, -0.25) is 14.2 Å². The molecule has 0 bridgehead atoms. The Morgan fingerprint density at radius 1 is 1.21 bits per heavy atom. The average molecular weight is 344 g/mol. The lowest BCUT2D eigenvalue weighted by Crippen LogP contribution is -2.15. The third-order valence-electron chi connectivity index (χ3n) is 3.49. The van der Waals surface area contributed by atoms with Gasteiger partial charge in [-0.25, -0.2) is 0 Å². The number of amides is 1. The van der Waals surface area contributed by atoms with Crippen LogP contribution in [0.25, 0.3) is 0 Å². The number of hydrogen-bond donors (Lipinski definition) is 1. The van der Waals surface area contributed by atoms with Crippen molar-refractivity contribution >= 4 is 23.3 Å². The van der Waals surface area contributed by atoms with Gasteiger partial charge in [0.2, 0.25) is 5.91 Å². The van der Waals surface area contributed by atoms with Gasteiger partial charge in [-0.2, -0.15) is 10.2 Å². The largest absolute Gasteiger partial charge is 0.308 e. The summed E-state index contributed by atoms with van der Waals surface area (Å²) in [5.74, 6) is 0.240. The molecule has 124 valence electrons. The van der Waals surface area contributed by atoms with Gasteiger partial charge in [-0.1, -0.05) is 41.9 Å². The van der Waals surface area contributed by atoms with E-state index in [2.05, 4.69) is 15.5 Å². The molecule has 0 saturated carbocycles. The fourth-order valence-electron chi connectivity index (χ4n) is 2.33. The van der Waals surface area contributed by atoms with E-state index in [1.165, 1.54) is 0 Å². The third kappa shape index (κ3) is 4.23. The SMILES string of the molecule is Cc1cnn(CCC(=O)Nc2nn(Cc3ccccc3)cc2Cl)c1.